The Morgan fingerprint density at radius 1 is 1.05 bits per heavy atom. The summed E-state index contributed by atoms with van der Waals surface area (Å²) in [6.07, 6.45) is 1.46. The summed E-state index contributed by atoms with van der Waals surface area (Å²) in [6.45, 7) is 2.47. The first-order valence-electron chi connectivity index (χ1n) is 7.36. The van der Waals surface area contributed by atoms with Gasteiger partial charge in [-0.3, -0.25) is 29.5 Å². The molecule has 0 bridgehead atoms. The lowest BCUT2D eigenvalue weighted by molar-refractivity contribution is -0.385. The van der Waals surface area contributed by atoms with Gasteiger partial charge in [0.25, 0.3) is 5.69 Å². The topological polar surface area (TPSA) is 83.8 Å². The molecule has 0 N–H and O–H groups in total. The minimum atomic E-state index is -0.388. The standard InChI is InChI=1S/C15H17N3O4/c19-14-3-4-15(20)17(14)8-7-16-6-5-11-1-2-13(18(21)22)9-12(11)10-16/h1-2,9H,3-8,10H2. The van der Waals surface area contributed by atoms with Gasteiger partial charge in [-0.1, -0.05) is 6.07 Å². The first-order valence-corrected chi connectivity index (χ1v) is 7.36. The SMILES string of the molecule is O=C1CCC(=O)N1CCN1CCc2ccc([N+](=O)[O-])cc2C1. The second-order valence-corrected chi connectivity index (χ2v) is 5.68. The molecule has 2 aliphatic heterocycles. The van der Waals surface area contributed by atoms with Crippen LogP contribution in [-0.2, 0) is 22.6 Å². The van der Waals surface area contributed by atoms with Crippen molar-refractivity contribution >= 4 is 17.5 Å². The molecule has 2 heterocycles. The van der Waals surface area contributed by atoms with Gasteiger partial charge in [0.2, 0.25) is 11.8 Å². The van der Waals surface area contributed by atoms with E-state index in [1.165, 1.54) is 11.0 Å². The minimum absolute atomic E-state index is 0.0990. The van der Waals surface area contributed by atoms with Crippen molar-refractivity contribution in [3.63, 3.8) is 0 Å². The Hall–Kier alpha value is -2.28. The van der Waals surface area contributed by atoms with Crippen LogP contribution in [0.5, 0.6) is 0 Å². The summed E-state index contributed by atoms with van der Waals surface area (Å²) in [5.74, 6) is -0.198. The van der Waals surface area contributed by atoms with E-state index < -0.39 is 0 Å². The Balaban J connectivity index is 1.64. The van der Waals surface area contributed by atoms with Gasteiger partial charge >= 0.3 is 0 Å². The van der Waals surface area contributed by atoms with Crippen molar-refractivity contribution in [3.8, 4) is 0 Å². The predicted octanol–water partition coefficient (Wildman–Crippen LogP) is 1.10. The molecule has 0 saturated carbocycles. The highest BCUT2D eigenvalue weighted by Gasteiger charge is 2.29. The highest BCUT2D eigenvalue weighted by atomic mass is 16.6. The van der Waals surface area contributed by atoms with E-state index >= 15 is 0 Å². The maximum Gasteiger partial charge on any atom is 0.269 e. The molecule has 1 saturated heterocycles. The summed E-state index contributed by atoms with van der Waals surface area (Å²) in [6, 6.07) is 4.97. The first-order chi connectivity index (χ1) is 10.5. The minimum Gasteiger partial charge on any atom is -0.297 e. The number of likely N-dealkylation sites (tertiary alicyclic amines) is 1. The van der Waals surface area contributed by atoms with Crippen molar-refractivity contribution in [2.24, 2.45) is 0 Å². The van der Waals surface area contributed by atoms with Crippen LogP contribution in [0.3, 0.4) is 0 Å². The second kappa shape index (κ2) is 5.84. The molecule has 0 spiro atoms. The Bertz CT molecular complexity index is 628. The second-order valence-electron chi connectivity index (χ2n) is 5.68. The van der Waals surface area contributed by atoms with Crippen LogP contribution in [0.2, 0.25) is 0 Å². The van der Waals surface area contributed by atoms with Crippen molar-refractivity contribution in [1.29, 1.82) is 0 Å². The molecule has 3 rings (SSSR count). The molecule has 2 aliphatic rings. The number of imide groups is 1. The summed E-state index contributed by atoms with van der Waals surface area (Å²) in [5, 5.41) is 10.9. The van der Waals surface area contributed by atoms with Crippen molar-refractivity contribution in [1.82, 2.24) is 9.80 Å². The number of carbonyl (C=O) groups is 2. The Morgan fingerprint density at radius 2 is 1.77 bits per heavy atom. The summed E-state index contributed by atoms with van der Waals surface area (Å²) in [4.78, 5) is 37.1. The number of carbonyl (C=O) groups excluding carboxylic acids is 2. The van der Waals surface area contributed by atoms with E-state index in [1.54, 1.807) is 6.07 Å². The molecule has 1 aromatic carbocycles. The number of fused-ring (bicyclic) bond motifs is 1. The van der Waals surface area contributed by atoms with Crippen LogP contribution in [-0.4, -0.2) is 46.2 Å². The van der Waals surface area contributed by atoms with Gasteiger partial charge in [0, 0.05) is 51.2 Å². The zero-order valence-electron chi connectivity index (χ0n) is 12.2. The van der Waals surface area contributed by atoms with Gasteiger partial charge in [0.1, 0.15) is 0 Å². The van der Waals surface area contributed by atoms with Crippen LogP contribution < -0.4 is 0 Å². The zero-order valence-corrected chi connectivity index (χ0v) is 12.2. The monoisotopic (exact) mass is 303 g/mol. The lowest BCUT2D eigenvalue weighted by Gasteiger charge is -2.29. The fourth-order valence-electron chi connectivity index (χ4n) is 3.02. The Morgan fingerprint density at radius 3 is 2.45 bits per heavy atom. The van der Waals surface area contributed by atoms with E-state index in [0.717, 1.165) is 24.1 Å². The number of non-ortho nitro benzene ring substituents is 1. The molecule has 0 radical (unpaired) electrons. The highest BCUT2D eigenvalue weighted by Crippen LogP contribution is 2.24. The lowest BCUT2D eigenvalue weighted by atomic mass is 9.99. The third-order valence-electron chi connectivity index (χ3n) is 4.29. The molecule has 0 unspecified atom stereocenters. The highest BCUT2D eigenvalue weighted by molar-refractivity contribution is 6.01. The van der Waals surface area contributed by atoms with Crippen molar-refractivity contribution < 1.29 is 14.5 Å². The number of amides is 2. The van der Waals surface area contributed by atoms with E-state index in [1.807, 2.05) is 6.07 Å². The van der Waals surface area contributed by atoms with Crippen molar-refractivity contribution in [2.75, 3.05) is 19.6 Å². The molecule has 7 nitrogen and oxygen atoms in total. The quantitative estimate of drug-likeness (QED) is 0.472. The van der Waals surface area contributed by atoms with Crippen LogP contribution in [0, 0.1) is 10.1 Å². The van der Waals surface area contributed by atoms with Crippen LogP contribution >= 0.6 is 0 Å². The molecule has 1 fully saturated rings. The smallest absolute Gasteiger partial charge is 0.269 e. The third-order valence-corrected chi connectivity index (χ3v) is 4.29. The molecule has 116 valence electrons. The van der Waals surface area contributed by atoms with Crippen LogP contribution in [0.1, 0.15) is 24.0 Å². The molecule has 0 atom stereocenters. The number of hydrogen-bond donors (Lipinski definition) is 0. The number of nitrogens with zero attached hydrogens (tertiary/aromatic N) is 3. The van der Waals surface area contributed by atoms with Gasteiger partial charge in [-0.05, 0) is 17.5 Å². The molecule has 22 heavy (non-hydrogen) atoms. The average molecular weight is 303 g/mol. The predicted molar refractivity (Wildman–Crippen MR) is 78.0 cm³/mol. The summed E-state index contributed by atoms with van der Waals surface area (Å²) >= 11 is 0. The fourth-order valence-corrected chi connectivity index (χ4v) is 3.02. The maximum absolute atomic E-state index is 11.6. The summed E-state index contributed by atoms with van der Waals surface area (Å²) in [5.41, 5.74) is 2.19. The van der Waals surface area contributed by atoms with Gasteiger partial charge in [-0.15, -0.1) is 0 Å². The number of rotatable bonds is 4. The van der Waals surface area contributed by atoms with E-state index in [4.69, 9.17) is 0 Å². The van der Waals surface area contributed by atoms with Crippen LogP contribution in [0.25, 0.3) is 0 Å². The van der Waals surface area contributed by atoms with E-state index in [2.05, 4.69) is 4.90 Å². The van der Waals surface area contributed by atoms with Crippen LogP contribution in [0.15, 0.2) is 18.2 Å². The molecular formula is C15H17N3O4. The normalized spacial score (nSPS) is 18.6. The van der Waals surface area contributed by atoms with Gasteiger partial charge < -0.3 is 0 Å². The maximum atomic E-state index is 11.6. The molecule has 0 aromatic heterocycles. The number of nitro benzene ring substituents is 1. The molecule has 1 aromatic rings. The summed E-state index contributed by atoms with van der Waals surface area (Å²) in [7, 11) is 0. The molecular weight excluding hydrogens is 286 g/mol. The third kappa shape index (κ3) is 2.85. The van der Waals surface area contributed by atoms with Gasteiger partial charge in [-0.25, -0.2) is 0 Å². The van der Waals surface area contributed by atoms with E-state index in [0.29, 0.717) is 32.5 Å². The average Bonchev–Trinajstić information content (AvgIpc) is 2.83. The number of hydrogen-bond acceptors (Lipinski definition) is 5. The Labute approximate surface area is 127 Å². The summed E-state index contributed by atoms with van der Waals surface area (Å²) < 4.78 is 0. The van der Waals surface area contributed by atoms with Gasteiger partial charge in [-0.2, -0.15) is 0 Å². The van der Waals surface area contributed by atoms with Gasteiger partial charge in [0.15, 0.2) is 0 Å². The molecule has 0 aliphatic carbocycles. The lowest BCUT2D eigenvalue weighted by Crippen LogP contribution is -2.40. The van der Waals surface area contributed by atoms with E-state index in [-0.39, 0.29) is 22.4 Å². The molecule has 2 amide bonds. The van der Waals surface area contributed by atoms with E-state index in [9.17, 15) is 19.7 Å². The number of nitro groups is 1. The molecule has 7 heteroatoms. The number of benzene rings is 1. The van der Waals surface area contributed by atoms with Crippen LogP contribution in [0.4, 0.5) is 5.69 Å². The zero-order chi connectivity index (χ0) is 15.7. The largest absolute Gasteiger partial charge is 0.297 e. The Kier molecular flexibility index (Phi) is 3.89. The van der Waals surface area contributed by atoms with Gasteiger partial charge in [0.05, 0.1) is 4.92 Å². The first kappa shape index (κ1) is 14.6. The van der Waals surface area contributed by atoms with Crippen molar-refractivity contribution in [2.45, 2.75) is 25.8 Å². The van der Waals surface area contributed by atoms with Crippen molar-refractivity contribution in [3.05, 3.63) is 39.4 Å². The fraction of sp³-hybridized carbons (Fsp3) is 0.467.